The van der Waals surface area contributed by atoms with Gasteiger partial charge in [-0.15, -0.1) is 10.2 Å². The molecule has 10 heteroatoms. The van der Waals surface area contributed by atoms with Crippen molar-refractivity contribution < 1.29 is 17.9 Å². The summed E-state index contributed by atoms with van der Waals surface area (Å²) in [6.45, 7) is 2.68. The number of hydrogen-bond acceptors (Lipinski definition) is 7. The molecule has 1 aromatic heterocycles. The summed E-state index contributed by atoms with van der Waals surface area (Å²) >= 11 is 0.818. The average Bonchev–Trinajstić information content (AvgIpc) is 3.18. The lowest BCUT2D eigenvalue weighted by atomic mass is 9.98. The highest BCUT2D eigenvalue weighted by Gasteiger charge is 2.21. The lowest BCUT2D eigenvalue weighted by Crippen LogP contribution is -2.26. The number of sulfonamides is 1. The first-order valence-corrected chi connectivity index (χ1v) is 12.1. The van der Waals surface area contributed by atoms with Crippen LogP contribution in [-0.2, 0) is 14.8 Å². The molecule has 158 valence electrons. The molecule has 1 aliphatic carbocycles. The quantitative estimate of drug-likeness (QED) is 0.460. The number of ether oxygens (including phenoxy) is 1. The SMILES string of the molecule is Cc1cccc(C(=O)Nc2nnc(S(=O)(=O)NCCCOC3CCCCC3)s2)c1. The standard InChI is InChI=1S/C19H26N4O4S2/c1-14-7-5-8-15(13-14)17(24)21-18-22-23-19(28-18)29(25,26)20-11-6-12-27-16-9-3-2-4-10-16/h5,7-8,13,16,20H,2-4,6,9-12H2,1H3,(H,21,22,24). The van der Waals surface area contributed by atoms with Gasteiger partial charge in [-0.05, 0) is 38.3 Å². The number of carbonyl (C=O) groups is 1. The highest BCUT2D eigenvalue weighted by atomic mass is 32.2. The van der Waals surface area contributed by atoms with Crippen LogP contribution in [0.25, 0.3) is 0 Å². The van der Waals surface area contributed by atoms with Crippen LogP contribution in [0.1, 0.15) is 54.4 Å². The minimum absolute atomic E-state index is 0.137. The number of aromatic nitrogens is 2. The van der Waals surface area contributed by atoms with Gasteiger partial charge in [-0.3, -0.25) is 10.1 Å². The summed E-state index contributed by atoms with van der Waals surface area (Å²) < 4.78 is 32.8. The molecule has 3 rings (SSSR count). The van der Waals surface area contributed by atoms with Gasteiger partial charge in [0, 0.05) is 18.7 Å². The smallest absolute Gasteiger partial charge is 0.269 e. The molecule has 1 heterocycles. The van der Waals surface area contributed by atoms with E-state index in [0.717, 1.165) is 29.7 Å². The van der Waals surface area contributed by atoms with Crippen LogP contribution in [-0.4, -0.2) is 43.8 Å². The van der Waals surface area contributed by atoms with E-state index in [1.54, 1.807) is 18.2 Å². The molecule has 1 aliphatic rings. The molecule has 1 amide bonds. The second-order valence-electron chi connectivity index (χ2n) is 7.08. The van der Waals surface area contributed by atoms with Gasteiger partial charge in [-0.1, -0.05) is 48.3 Å². The van der Waals surface area contributed by atoms with Crippen LogP contribution in [0.2, 0.25) is 0 Å². The Morgan fingerprint density at radius 2 is 2.03 bits per heavy atom. The first-order valence-electron chi connectivity index (χ1n) is 9.77. The first kappa shape index (κ1) is 21.8. The minimum atomic E-state index is -3.76. The molecule has 2 aromatic rings. The topological polar surface area (TPSA) is 110 Å². The normalized spacial score (nSPS) is 15.3. The molecule has 0 atom stereocenters. The van der Waals surface area contributed by atoms with Gasteiger partial charge >= 0.3 is 0 Å². The van der Waals surface area contributed by atoms with Gasteiger partial charge in [-0.25, -0.2) is 13.1 Å². The summed E-state index contributed by atoms with van der Waals surface area (Å²) in [7, 11) is -3.76. The minimum Gasteiger partial charge on any atom is -0.378 e. The van der Waals surface area contributed by atoms with Crippen LogP contribution in [0.15, 0.2) is 28.6 Å². The fourth-order valence-electron chi connectivity index (χ4n) is 3.15. The Morgan fingerprint density at radius 1 is 1.24 bits per heavy atom. The van der Waals surface area contributed by atoms with Crippen molar-refractivity contribution in [3.05, 3.63) is 35.4 Å². The van der Waals surface area contributed by atoms with E-state index < -0.39 is 10.0 Å². The number of benzene rings is 1. The van der Waals surface area contributed by atoms with Crippen LogP contribution < -0.4 is 10.0 Å². The van der Waals surface area contributed by atoms with Crippen molar-refractivity contribution in [2.75, 3.05) is 18.5 Å². The average molecular weight is 439 g/mol. The predicted octanol–water partition coefficient (Wildman–Crippen LogP) is 3.12. The molecule has 0 radical (unpaired) electrons. The van der Waals surface area contributed by atoms with E-state index in [4.69, 9.17) is 4.74 Å². The maximum absolute atomic E-state index is 12.4. The van der Waals surface area contributed by atoms with E-state index >= 15 is 0 Å². The van der Waals surface area contributed by atoms with Crippen molar-refractivity contribution >= 4 is 32.4 Å². The number of carbonyl (C=O) groups excluding carboxylic acids is 1. The zero-order valence-electron chi connectivity index (χ0n) is 16.4. The number of aryl methyl sites for hydroxylation is 1. The van der Waals surface area contributed by atoms with Crippen LogP contribution in [0.3, 0.4) is 0 Å². The van der Waals surface area contributed by atoms with E-state index in [1.165, 1.54) is 19.3 Å². The van der Waals surface area contributed by atoms with Crippen LogP contribution in [0, 0.1) is 6.92 Å². The van der Waals surface area contributed by atoms with E-state index in [9.17, 15) is 13.2 Å². The molecular formula is C19H26N4O4S2. The van der Waals surface area contributed by atoms with Crippen molar-refractivity contribution in [2.45, 2.75) is 55.9 Å². The number of rotatable bonds is 9. The molecule has 0 unspecified atom stereocenters. The lowest BCUT2D eigenvalue weighted by Gasteiger charge is -2.21. The number of amides is 1. The fourth-order valence-corrected chi connectivity index (χ4v) is 5.16. The molecule has 0 spiro atoms. The van der Waals surface area contributed by atoms with Gasteiger partial charge in [0.2, 0.25) is 9.47 Å². The summed E-state index contributed by atoms with van der Waals surface area (Å²) in [6, 6.07) is 7.09. The van der Waals surface area contributed by atoms with E-state index in [2.05, 4.69) is 20.2 Å². The largest absolute Gasteiger partial charge is 0.378 e. The zero-order valence-corrected chi connectivity index (χ0v) is 18.0. The van der Waals surface area contributed by atoms with Crippen LogP contribution >= 0.6 is 11.3 Å². The van der Waals surface area contributed by atoms with Gasteiger partial charge in [0.05, 0.1) is 6.10 Å². The molecule has 0 bridgehead atoms. The molecule has 2 N–H and O–H groups in total. The van der Waals surface area contributed by atoms with Crippen LogP contribution in [0.4, 0.5) is 5.13 Å². The van der Waals surface area contributed by atoms with Crippen molar-refractivity contribution in [3.8, 4) is 0 Å². The predicted molar refractivity (Wildman–Crippen MR) is 112 cm³/mol. The van der Waals surface area contributed by atoms with Crippen molar-refractivity contribution in [3.63, 3.8) is 0 Å². The summed E-state index contributed by atoms with van der Waals surface area (Å²) in [5, 5.41) is 10.2. The second kappa shape index (κ2) is 10.2. The fraction of sp³-hybridized carbons (Fsp3) is 0.526. The Kier molecular flexibility index (Phi) is 7.70. The summed E-state index contributed by atoms with van der Waals surface area (Å²) in [4.78, 5) is 12.2. The second-order valence-corrected chi connectivity index (χ2v) is 10.00. The van der Waals surface area contributed by atoms with Gasteiger partial charge in [0.15, 0.2) is 0 Å². The Bertz CT molecular complexity index is 924. The highest BCUT2D eigenvalue weighted by molar-refractivity contribution is 7.91. The first-order chi connectivity index (χ1) is 13.9. The van der Waals surface area contributed by atoms with E-state index in [0.29, 0.717) is 24.7 Å². The summed E-state index contributed by atoms with van der Waals surface area (Å²) in [5.41, 5.74) is 1.43. The number of anilines is 1. The molecule has 8 nitrogen and oxygen atoms in total. The molecule has 1 fully saturated rings. The Balaban J connectivity index is 1.46. The zero-order chi connectivity index (χ0) is 20.7. The molecule has 0 aliphatic heterocycles. The highest BCUT2D eigenvalue weighted by Crippen LogP contribution is 2.21. The lowest BCUT2D eigenvalue weighted by molar-refractivity contribution is 0.0278. The molecule has 1 aromatic carbocycles. The maximum atomic E-state index is 12.4. The number of nitrogens with zero attached hydrogens (tertiary/aromatic N) is 2. The van der Waals surface area contributed by atoms with Gasteiger partial charge < -0.3 is 4.74 Å². The van der Waals surface area contributed by atoms with Crippen molar-refractivity contribution in [1.29, 1.82) is 0 Å². The summed E-state index contributed by atoms with van der Waals surface area (Å²) in [6.07, 6.45) is 6.76. The van der Waals surface area contributed by atoms with Crippen LogP contribution in [0.5, 0.6) is 0 Å². The Hall–Kier alpha value is -1.88. The van der Waals surface area contributed by atoms with Gasteiger partial charge in [-0.2, -0.15) is 0 Å². The third kappa shape index (κ3) is 6.56. The Morgan fingerprint density at radius 3 is 2.79 bits per heavy atom. The maximum Gasteiger partial charge on any atom is 0.269 e. The molecule has 29 heavy (non-hydrogen) atoms. The third-order valence-corrected chi connectivity index (χ3v) is 7.32. The van der Waals surface area contributed by atoms with Gasteiger partial charge in [0.25, 0.3) is 15.9 Å². The number of hydrogen-bond donors (Lipinski definition) is 2. The van der Waals surface area contributed by atoms with Crippen molar-refractivity contribution in [2.24, 2.45) is 0 Å². The van der Waals surface area contributed by atoms with E-state index in [1.807, 2.05) is 13.0 Å². The van der Waals surface area contributed by atoms with Crippen molar-refractivity contribution in [1.82, 2.24) is 14.9 Å². The summed E-state index contributed by atoms with van der Waals surface area (Å²) in [5.74, 6) is -0.360. The monoisotopic (exact) mass is 438 g/mol. The molecule has 0 saturated heterocycles. The molecular weight excluding hydrogens is 412 g/mol. The third-order valence-electron chi connectivity index (χ3n) is 4.66. The Labute approximate surface area is 175 Å². The molecule has 1 saturated carbocycles. The number of nitrogens with one attached hydrogen (secondary N) is 2. The van der Waals surface area contributed by atoms with Gasteiger partial charge in [0.1, 0.15) is 0 Å². The van der Waals surface area contributed by atoms with E-state index in [-0.39, 0.29) is 21.9 Å².